The van der Waals surface area contributed by atoms with Crippen molar-refractivity contribution in [3.05, 3.63) is 59.5 Å². The predicted molar refractivity (Wildman–Crippen MR) is 118 cm³/mol. The molecule has 1 aliphatic heterocycles. The standard InChI is InChI=1S/C25H34N2O4/c1-19-16-26-14-15-27(19)17-22-12-13-23(31-22)18-30-24(28)25(29,20-8-4-2-5-9-20)21-10-6-3-7-11-21/h2,4-5,8-9,12-13,19,21,26,29H,3,6-7,10-11,14-18H2,1H3/t19?,25-/m1/s1. The van der Waals surface area contributed by atoms with E-state index in [1.54, 1.807) is 0 Å². The van der Waals surface area contributed by atoms with Gasteiger partial charge in [0, 0.05) is 31.6 Å². The molecule has 168 valence electrons. The van der Waals surface area contributed by atoms with Gasteiger partial charge in [0.1, 0.15) is 18.1 Å². The van der Waals surface area contributed by atoms with Gasteiger partial charge in [-0.15, -0.1) is 0 Å². The Hall–Kier alpha value is -2.15. The fraction of sp³-hybridized carbons (Fsp3) is 0.560. The van der Waals surface area contributed by atoms with E-state index in [4.69, 9.17) is 9.15 Å². The Morgan fingerprint density at radius 3 is 2.65 bits per heavy atom. The first-order valence-electron chi connectivity index (χ1n) is 11.5. The van der Waals surface area contributed by atoms with Crippen LogP contribution in [0.1, 0.15) is 56.1 Å². The molecule has 0 bridgehead atoms. The summed E-state index contributed by atoms with van der Waals surface area (Å²) in [6, 6.07) is 13.5. The van der Waals surface area contributed by atoms with Crippen LogP contribution in [0.25, 0.3) is 0 Å². The van der Waals surface area contributed by atoms with Crippen LogP contribution < -0.4 is 5.32 Å². The first kappa shape index (κ1) is 22.1. The molecule has 0 amide bonds. The largest absolute Gasteiger partial charge is 0.461 e. The lowest BCUT2D eigenvalue weighted by atomic mass is 9.73. The molecule has 1 aliphatic carbocycles. The molecule has 0 radical (unpaired) electrons. The van der Waals surface area contributed by atoms with Crippen molar-refractivity contribution in [2.75, 3.05) is 19.6 Å². The van der Waals surface area contributed by atoms with E-state index in [1.165, 1.54) is 0 Å². The van der Waals surface area contributed by atoms with Gasteiger partial charge >= 0.3 is 5.97 Å². The van der Waals surface area contributed by atoms with Gasteiger partial charge in [-0.3, -0.25) is 4.90 Å². The quantitative estimate of drug-likeness (QED) is 0.659. The minimum Gasteiger partial charge on any atom is -0.461 e. The first-order chi connectivity index (χ1) is 15.1. The van der Waals surface area contributed by atoms with Crippen LogP contribution in [-0.2, 0) is 28.3 Å². The fourth-order valence-electron chi connectivity index (χ4n) is 4.88. The molecule has 6 nitrogen and oxygen atoms in total. The van der Waals surface area contributed by atoms with Gasteiger partial charge in [-0.05, 0) is 37.5 Å². The number of nitrogens with zero attached hydrogens (tertiary/aromatic N) is 1. The second-order valence-corrected chi connectivity index (χ2v) is 8.94. The third-order valence-electron chi connectivity index (χ3n) is 6.78. The van der Waals surface area contributed by atoms with Crippen molar-refractivity contribution < 1.29 is 19.1 Å². The van der Waals surface area contributed by atoms with Crippen molar-refractivity contribution >= 4 is 5.97 Å². The summed E-state index contributed by atoms with van der Waals surface area (Å²) in [6.45, 7) is 5.91. The molecular weight excluding hydrogens is 392 g/mol. The number of benzene rings is 1. The molecule has 1 saturated heterocycles. The second kappa shape index (κ2) is 9.98. The molecule has 1 aromatic carbocycles. The fourth-order valence-corrected chi connectivity index (χ4v) is 4.88. The number of rotatable bonds is 7. The average Bonchev–Trinajstić information content (AvgIpc) is 3.27. The SMILES string of the molecule is CC1CNCCN1Cc1ccc(COC(=O)[C@@](O)(c2ccccc2)C2CCCCC2)o1. The minimum absolute atomic E-state index is 0.0256. The Morgan fingerprint density at radius 1 is 1.16 bits per heavy atom. The van der Waals surface area contributed by atoms with Crippen molar-refractivity contribution in [2.45, 2.75) is 63.8 Å². The van der Waals surface area contributed by atoms with Gasteiger partial charge in [0.05, 0.1) is 6.54 Å². The van der Waals surface area contributed by atoms with E-state index in [1.807, 2.05) is 42.5 Å². The molecule has 2 aromatic rings. The van der Waals surface area contributed by atoms with Crippen molar-refractivity contribution in [2.24, 2.45) is 5.92 Å². The highest BCUT2D eigenvalue weighted by molar-refractivity contribution is 5.81. The summed E-state index contributed by atoms with van der Waals surface area (Å²) < 4.78 is 11.5. The molecule has 1 unspecified atom stereocenters. The van der Waals surface area contributed by atoms with Crippen molar-refractivity contribution in [1.82, 2.24) is 10.2 Å². The molecule has 4 rings (SSSR count). The summed E-state index contributed by atoms with van der Waals surface area (Å²) in [6.07, 6.45) is 4.86. The maximum Gasteiger partial charge on any atom is 0.343 e. The number of hydrogen-bond acceptors (Lipinski definition) is 6. The highest BCUT2D eigenvalue weighted by Gasteiger charge is 2.47. The normalized spacial score (nSPS) is 22.7. The van der Waals surface area contributed by atoms with E-state index in [9.17, 15) is 9.90 Å². The van der Waals surface area contributed by atoms with Crippen LogP contribution in [0.2, 0.25) is 0 Å². The summed E-state index contributed by atoms with van der Waals surface area (Å²) in [4.78, 5) is 15.6. The van der Waals surface area contributed by atoms with E-state index in [0.717, 1.165) is 64.0 Å². The number of esters is 1. The molecular formula is C25H34N2O4. The molecule has 31 heavy (non-hydrogen) atoms. The zero-order valence-corrected chi connectivity index (χ0v) is 18.4. The van der Waals surface area contributed by atoms with Crippen LogP contribution in [-0.4, -0.2) is 41.7 Å². The van der Waals surface area contributed by atoms with Gasteiger partial charge in [0.25, 0.3) is 0 Å². The zero-order valence-electron chi connectivity index (χ0n) is 18.4. The van der Waals surface area contributed by atoms with Crippen molar-refractivity contribution in [1.29, 1.82) is 0 Å². The topological polar surface area (TPSA) is 74.9 Å². The number of ether oxygens (including phenoxy) is 1. The average molecular weight is 427 g/mol. The van der Waals surface area contributed by atoms with Crippen molar-refractivity contribution in [3.8, 4) is 0 Å². The predicted octanol–water partition coefficient (Wildman–Crippen LogP) is 3.58. The van der Waals surface area contributed by atoms with Gasteiger partial charge in [0.2, 0.25) is 0 Å². The maximum absolute atomic E-state index is 13.2. The van der Waals surface area contributed by atoms with Crippen LogP contribution in [0.3, 0.4) is 0 Å². The third-order valence-corrected chi connectivity index (χ3v) is 6.78. The molecule has 2 N–H and O–H groups in total. The highest BCUT2D eigenvalue weighted by atomic mass is 16.6. The van der Waals surface area contributed by atoms with Crippen LogP contribution in [0.4, 0.5) is 0 Å². The summed E-state index contributed by atoms with van der Waals surface area (Å²) >= 11 is 0. The van der Waals surface area contributed by atoms with Crippen LogP contribution >= 0.6 is 0 Å². The van der Waals surface area contributed by atoms with E-state index >= 15 is 0 Å². The van der Waals surface area contributed by atoms with E-state index in [0.29, 0.717) is 17.4 Å². The van der Waals surface area contributed by atoms with E-state index < -0.39 is 11.6 Å². The number of nitrogens with one attached hydrogen (secondary N) is 1. The van der Waals surface area contributed by atoms with Gasteiger partial charge in [-0.1, -0.05) is 49.6 Å². The van der Waals surface area contributed by atoms with Gasteiger partial charge in [-0.2, -0.15) is 0 Å². The number of aliphatic hydroxyl groups is 1. The molecule has 2 fully saturated rings. The lowest BCUT2D eigenvalue weighted by Gasteiger charge is -2.36. The van der Waals surface area contributed by atoms with Gasteiger partial charge in [0.15, 0.2) is 5.60 Å². The van der Waals surface area contributed by atoms with E-state index in [2.05, 4.69) is 17.1 Å². The Labute approximate surface area is 184 Å². The second-order valence-electron chi connectivity index (χ2n) is 8.94. The van der Waals surface area contributed by atoms with Gasteiger partial charge < -0.3 is 19.6 Å². The molecule has 1 aromatic heterocycles. The smallest absolute Gasteiger partial charge is 0.343 e. The summed E-state index contributed by atoms with van der Waals surface area (Å²) in [5, 5.41) is 15.0. The van der Waals surface area contributed by atoms with Crippen LogP contribution in [0, 0.1) is 5.92 Å². The molecule has 6 heteroatoms. The molecule has 2 heterocycles. The molecule has 0 spiro atoms. The first-order valence-corrected chi connectivity index (χ1v) is 11.5. The minimum atomic E-state index is -1.62. The Morgan fingerprint density at radius 2 is 1.90 bits per heavy atom. The lowest BCUT2D eigenvalue weighted by Crippen LogP contribution is -2.49. The molecule has 2 atom stereocenters. The number of furan rings is 1. The molecule has 1 saturated carbocycles. The van der Waals surface area contributed by atoms with Crippen molar-refractivity contribution in [3.63, 3.8) is 0 Å². The van der Waals surface area contributed by atoms with Crippen LogP contribution in [0.15, 0.2) is 46.9 Å². The number of hydrogen-bond donors (Lipinski definition) is 2. The number of carbonyl (C=O) groups is 1. The summed E-state index contributed by atoms with van der Waals surface area (Å²) in [7, 11) is 0. The van der Waals surface area contributed by atoms with E-state index in [-0.39, 0.29) is 12.5 Å². The summed E-state index contributed by atoms with van der Waals surface area (Å²) in [5.41, 5.74) is -1.01. The van der Waals surface area contributed by atoms with Crippen LogP contribution in [0.5, 0.6) is 0 Å². The monoisotopic (exact) mass is 426 g/mol. The Balaban J connectivity index is 1.42. The summed E-state index contributed by atoms with van der Waals surface area (Å²) in [5.74, 6) is 0.757. The lowest BCUT2D eigenvalue weighted by molar-refractivity contribution is -0.177. The van der Waals surface area contributed by atoms with Gasteiger partial charge in [-0.25, -0.2) is 4.79 Å². The Kier molecular flexibility index (Phi) is 7.10. The number of piperazine rings is 1. The highest BCUT2D eigenvalue weighted by Crippen LogP contribution is 2.40. The zero-order chi connectivity index (χ0) is 21.7. The third kappa shape index (κ3) is 5.03. The molecule has 2 aliphatic rings. The Bertz CT molecular complexity index is 846. The number of carbonyl (C=O) groups excluding carboxylic acids is 1. The maximum atomic E-state index is 13.2.